The monoisotopic (exact) mass is 278 g/mol. The summed E-state index contributed by atoms with van der Waals surface area (Å²) in [5, 5.41) is 0. The molecular weight excluding hydrogens is 252 g/mol. The quantitative estimate of drug-likeness (QED) is 0.776. The largest absolute Gasteiger partial charge is 0.382 e. The number of aryl methyl sites for hydroxylation is 1. The second-order valence-electron chi connectivity index (χ2n) is 5.37. The summed E-state index contributed by atoms with van der Waals surface area (Å²) in [5.41, 5.74) is 9.95. The van der Waals surface area contributed by atoms with E-state index >= 15 is 0 Å². The van der Waals surface area contributed by atoms with E-state index in [0.29, 0.717) is 13.2 Å². The normalized spacial score (nSPS) is 16.1. The minimum Gasteiger partial charge on any atom is -0.382 e. The Labute approximate surface area is 121 Å². The lowest BCUT2D eigenvalue weighted by Gasteiger charge is -2.31. The fourth-order valence-electron chi connectivity index (χ4n) is 2.63. The van der Waals surface area contributed by atoms with Crippen molar-refractivity contribution in [2.75, 3.05) is 44.9 Å². The molecule has 1 heterocycles. The van der Waals surface area contributed by atoms with Crippen LogP contribution in [0.1, 0.15) is 30.5 Å². The third-order valence-corrected chi connectivity index (χ3v) is 3.78. The Morgan fingerprint density at radius 1 is 1.30 bits per heavy atom. The van der Waals surface area contributed by atoms with Gasteiger partial charge in [-0.3, -0.25) is 0 Å². The van der Waals surface area contributed by atoms with Crippen molar-refractivity contribution in [3.05, 3.63) is 29.3 Å². The first-order valence-electron chi connectivity index (χ1n) is 7.42. The molecule has 0 bridgehead atoms. The van der Waals surface area contributed by atoms with Gasteiger partial charge >= 0.3 is 0 Å². The zero-order chi connectivity index (χ0) is 14.4. The number of benzene rings is 1. The highest BCUT2D eigenvalue weighted by Gasteiger charge is 2.17. The van der Waals surface area contributed by atoms with E-state index in [2.05, 4.69) is 23.1 Å². The molecule has 0 spiro atoms. The number of rotatable bonds is 7. The zero-order valence-electron chi connectivity index (χ0n) is 12.6. The highest BCUT2D eigenvalue weighted by atomic mass is 16.5. The summed E-state index contributed by atoms with van der Waals surface area (Å²) in [4.78, 5) is 2.41. The van der Waals surface area contributed by atoms with Crippen LogP contribution in [0.15, 0.2) is 18.2 Å². The highest BCUT2D eigenvalue weighted by Crippen LogP contribution is 2.29. The second-order valence-corrected chi connectivity index (χ2v) is 5.37. The molecule has 0 saturated carbocycles. The van der Waals surface area contributed by atoms with Gasteiger partial charge in [0, 0.05) is 31.9 Å². The van der Waals surface area contributed by atoms with Gasteiger partial charge in [0.1, 0.15) is 0 Å². The smallest absolute Gasteiger partial charge is 0.0701 e. The maximum Gasteiger partial charge on any atom is 0.0701 e. The van der Waals surface area contributed by atoms with Gasteiger partial charge in [-0.1, -0.05) is 12.1 Å². The van der Waals surface area contributed by atoms with Crippen LogP contribution >= 0.6 is 0 Å². The average molecular weight is 278 g/mol. The minimum atomic E-state index is 0.105. The van der Waals surface area contributed by atoms with Crippen LogP contribution in [0.25, 0.3) is 0 Å². The standard InChI is InChI=1S/C16H26N2O2/c1-13(17)14-5-6-16-15(12-14)4-3-7-18(16)8-9-20-11-10-19-2/h5-6,12-13H,3-4,7-11,17H2,1-2H3. The molecule has 4 nitrogen and oxygen atoms in total. The van der Waals surface area contributed by atoms with Crippen LogP contribution in [-0.2, 0) is 15.9 Å². The number of nitrogens with zero attached hydrogens (tertiary/aromatic N) is 1. The lowest BCUT2D eigenvalue weighted by atomic mass is 9.97. The van der Waals surface area contributed by atoms with Crippen molar-refractivity contribution in [2.45, 2.75) is 25.8 Å². The van der Waals surface area contributed by atoms with Crippen molar-refractivity contribution in [1.82, 2.24) is 0 Å². The third kappa shape index (κ3) is 3.95. The second kappa shape index (κ2) is 7.62. The molecule has 1 aliphatic rings. The summed E-state index contributed by atoms with van der Waals surface area (Å²) < 4.78 is 10.5. The van der Waals surface area contributed by atoms with Crippen LogP contribution in [0.2, 0.25) is 0 Å². The Bertz CT molecular complexity index is 421. The van der Waals surface area contributed by atoms with E-state index in [1.165, 1.54) is 23.2 Å². The van der Waals surface area contributed by atoms with Crippen molar-refractivity contribution in [3.63, 3.8) is 0 Å². The van der Waals surface area contributed by atoms with Crippen molar-refractivity contribution < 1.29 is 9.47 Å². The van der Waals surface area contributed by atoms with Crippen LogP contribution in [0.4, 0.5) is 5.69 Å². The molecule has 0 saturated heterocycles. The third-order valence-electron chi connectivity index (χ3n) is 3.78. The van der Waals surface area contributed by atoms with Crippen molar-refractivity contribution in [3.8, 4) is 0 Å². The molecule has 1 atom stereocenters. The van der Waals surface area contributed by atoms with Gasteiger partial charge in [0.15, 0.2) is 0 Å². The lowest BCUT2D eigenvalue weighted by molar-refractivity contribution is 0.0739. The molecule has 2 N–H and O–H groups in total. The van der Waals surface area contributed by atoms with Crippen LogP contribution < -0.4 is 10.6 Å². The van der Waals surface area contributed by atoms with Gasteiger partial charge in [0.2, 0.25) is 0 Å². The number of ether oxygens (including phenoxy) is 2. The molecule has 1 aromatic carbocycles. The molecular formula is C16H26N2O2. The molecule has 1 aromatic rings. The fraction of sp³-hybridized carbons (Fsp3) is 0.625. The first kappa shape index (κ1) is 15.3. The van der Waals surface area contributed by atoms with Gasteiger partial charge in [-0.25, -0.2) is 0 Å². The molecule has 0 radical (unpaired) electrons. The molecule has 0 fully saturated rings. The van der Waals surface area contributed by atoms with Crippen molar-refractivity contribution in [2.24, 2.45) is 5.73 Å². The number of nitrogens with two attached hydrogens (primary N) is 1. The zero-order valence-corrected chi connectivity index (χ0v) is 12.6. The minimum absolute atomic E-state index is 0.105. The molecule has 112 valence electrons. The predicted octanol–water partition coefficient (Wildman–Crippen LogP) is 2.12. The topological polar surface area (TPSA) is 47.7 Å². The molecule has 1 unspecified atom stereocenters. The predicted molar refractivity (Wildman–Crippen MR) is 82.3 cm³/mol. The summed E-state index contributed by atoms with van der Waals surface area (Å²) in [5.74, 6) is 0. The molecule has 0 aliphatic carbocycles. The van der Waals surface area contributed by atoms with Gasteiger partial charge in [0.25, 0.3) is 0 Å². The first-order chi connectivity index (χ1) is 9.72. The van der Waals surface area contributed by atoms with Gasteiger partial charge in [-0.05, 0) is 37.0 Å². The van der Waals surface area contributed by atoms with Gasteiger partial charge in [-0.15, -0.1) is 0 Å². The molecule has 0 amide bonds. The van der Waals surface area contributed by atoms with Crippen molar-refractivity contribution >= 4 is 5.69 Å². The van der Waals surface area contributed by atoms with Gasteiger partial charge < -0.3 is 20.1 Å². The summed E-state index contributed by atoms with van der Waals surface area (Å²) in [6.45, 7) is 6.16. The van der Waals surface area contributed by atoms with Crippen LogP contribution in [0, 0.1) is 0 Å². The van der Waals surface area contributed by atoms with E-state index < -0.39 is 0 Å². The van der Waals surface area contributed by atoms with E-state index in [1.54, 1.807) is 7.11 Å². The Morgan fingerprint density at radius 2 is 2.15 bits per heavy atom. The molecule has 4 heteroatoms. The maximum atomic E-state index is 5.96. The summed E-state index contributed by atoms with van der Waals surface area (Å²) in [6, 6.07) is 6.72. The molecule has 0 aromatic heterocycles. The highest BCUT2D eigenvalue weighted by molar-refractivity contribution is 5.57. The number of hydrogen-bond donors (Lipinski definition) is 1. The SMILES string of the molecule is COCCOCCN1CCCc2cc(C(C)N)ccc21. The van der Waals surface area contributed by atoms with E-state index in [0.717, 1.165) is 26.1 Å². The summed E-state index contributed by atoms with van der Waals surface area (Å²) >= 11 is 0. The van der Waals surface area contributed by atoms with E-state index in [9.17, 15) is 0 Å². The first-order valence-corrected chi connectivity index (χ1v) is 7.42. The molecule has 20 heavy (non-hydrogen) atoms. The number of methoxy groups -OCH3 is 1. The number of fused-ring (bicyclic) bond motifs is 1. The van der Waals surface area contributed by atoms with Crippen LogP contribution in [0.5, 0.6) is 0 Å². The van der Waals surface area contributed by atoms with E-state index in [-0.39, 0.29) is 6.04 Å². The average Bonchev–Trinajstić information content (AvgIpc) is 2.46. The Kier molecular flexibility index (Phi) is 5.83. The number of hydrogen-bond acceptors (Lipinski definition) is 4. The van der Waals surface area contributed by atoms with Crippen LogP contribution in [-0.4, -0.2) is 40.0 Å². The van der Waals surface area contributed by atoms with Crippen molar-refractivity contribution in [1.29, 1.82) is 0 Å². The Balaban J connectivity index is 1.94. The fourth-order valence-corrected chi connectivity index (χ4v) is 2.63. The van der Waals surface area contributed by atoms with Gasteiger partial charge in [-0.2, -0.15) is 0 Å². The lowest BCUT2D eigenvalue weighted by Crippen LogP contribution is -2.32. The van der Waals surface area contributed by atoms with E-state index in [1.807, 2.05) is 6.92 Å². The Hall–Kier alpha value is -1.10. The number of anilines is 1. The Morgan fingerprint density at radius 3 is 2.90 bits per heavy atom. The molecule has 2 rings (SSSR count). The van der Waals surface area contributed by atoms with Gasteiger partial charge in [0.05, 0.1) is 19.8 Å². The summed E-state index contributed by atoms with van der Waals surface area (Å²) in [6.07, 6.45) is 2.35. The van der Waals surface area contributed by atoms with E-state index in [4.69, 9.17) is 15.2 Å². The maximum absolute atomic E-state index is 5.96. The van der Waals surface area contributed by atoms with Crippen LogP contribution in [0.3, 0.4) is 0 Å². The summed E-state index contributed by atoms with van der Waals surface area (Å²) in [7, 11) is 1.69. The molecule has 1 aliphatic heterocycles.